The first-order valence-electron chi connectivity index (χ1n) is 11.8. The number of aliphatic hydroxyl groups is 3. The Bertz CT molecular complexity index is 630. The maximum absolute atomic E-state index is 10.1. The Kier molecular flexibility index (Phi) is 7.46. The van der Waals surface area contributed by atoms with E-state index in [0.29, 0.717) is 29.7 Å². The van der Waals surface area contributed by atoms with Gasteiger partial charge < -0.3 is 15.3 Å². The predicted molar refractivity (Wildman–Crippen MR) is 119 cm³/mol. The van der Waals surface area contributed by atoms with Gasteiger partial charge in [0, 0.05) is 0 Å². The third-order valence-corrected chi connectivity index (χ3v) is 8.31. The van der Waals surface area contributed by atoms with E-state index in [0.717, 1.165) is 30.3 Å². The molecule has 3 fully saturated rings. The average molecular weight is 403 g/mol. The second-order valence-electron chi connectivity index (χ2n) is 10.4. The number of aliphatic hydroxyl groups excluding tert-OH is 3. The largest absolute Gasteiger partial charge is 0.393 e. The number of hydrogen-bond acceptors (Lipinski definition) is 3. The van der Waals surface area contributed by atoms with Crippen LogP contribution in [0.5, 0.6) is 0 Å². The fourth-order valence-corrected chi connectivity index (χ4v) is 6.58. The highest BCUT2D eigenvalue weighted by Gasteiger charge is 2.50. The van der Waals surface area contributed by atoms with Gasteiger partial charge in [-0.05, 0) is 87.0 Å². The van der Waals surface area contributed by atoms with E-state index in [1.54, 1.807) is 5.57 Å². The average Bonchev–Trinajstić information content (AvgIpc) is 3.01. The van der Waals surface area contributed by atoms with E-state index in [9.17, 15) is 15.3 Å². The van der Waals surface area contributed by atoms with Gasteiger partial charge >= 0.3 is 0 Å². The molecule has 0 aromatic rings. The maximum atomic E-state index is 10.1. The summed E-state index contributed by atoms with van der Waals surface area (Å²) in [7, 11) is 0. The second kappa shape index (κ2) is 9.49. The first-order valence-corrected chi connectivity index (χ1v) is 11.8. The van der Waals surface area contributed by atoms with Crippen LogP contribution in [0.4, 0.5) is 0 Å². The van der Waals surface area contributed by atoms with Gasteiger partial charge in [-0.25, -0.2) is 0 Å². The van der Waals surface area contributed by atoms with Crippen LogP contribution in [0.2, 0.25) is 0 Å². The van der Waals surface area contributed by atoms with Crippen molar-refractivity contribution in [3.8, 4) is 0 Å². The normalized spacial score (nSPS) is 38.8. The zero-order valence-corrected chi connectivity index (χ0v) is 18.7. The quantitative estimate of drug-likeness (QED) is 0.527. The highest BCUT2D eigenvalue weighted by Crippen LogP contribution is 2.59. The Morgan fingerprint density at radius 3 is 2.45 bits per heavy atom. The molecule has 7 atom stereocenters. The molecule has 3 nitrogen and oxygen atoms in total. The molecule has 0 spiro atoms. The summed E-state index contributed by atoms with van der Waals surface area (Å²) in [5.41, 5.74) is 3.67. The molecule has 0 amide bonds. The molecule has 3 aliphatic rings. The van der Waals surface area contributed by atoms with Crippen LogP contribution in [-0.2, 0) is 0 Å². The minimum absolute atomic E-state index is 0.180. The van der Waals surface area contributed by atoms with Gasteiger partial charge in [-0.2, -0.15) is 0 Å². The molecule has 3 aliphatic carbocycles. The molecule has 1 unspecified atom stereocenters. The van der Waals surface area contributed by atoms with Gasteiger partial charge in [-0.3, -0.25) is 0 Å². The monoisotopic (exact) mass is 402 g/mol. The van der Waals surface area contributed by atoms with Gasteiger partial charge in [0.1, 0.15) is 0 Å². The summed E-state index contributed by atoms with van der Waals surface area (Å²) in [4.78, 5) is 0. The third kappa shape index (κ3) is 5.06. The molecular formula is C26H42O3. The zero-order valence-electron chi connectivity index (χ0n) is 18.7. The fraction of sp³-hybridized carbons (Fsp3) is 0.769. The standard InChI is InChI=1S/C26H42O3/c1-17(7-5-8-18(2)27)22-12-13-23-21(9-6-14-26(22,23)4)11-10-20-15-24(28)19(3)25(29)16-20/h10-11,17-18,22-25,27-29H,3,5-9,12-16H2,1-2,4H3/b21-11+/t17-,18?,22-,23+,24-,25-,26-/m1/s1. The molecule has 3 rings (SSSR count). The van der Waals surface area contributed by atoms with Crippen LogP contribution >= 0.6 is 0 Å². The summed E-state index contributed by atoms with van der Waals surface area (Å²) in [6.45, 7) is 10.7. The van der Waals surface area contributed by atoms with Gasteiger partial charge in [0.25, 0.3) is 0 Å². The first-order chi connectivity index (χ1) is 13.7. The molecule has 3 saturated carbocycles. The Hall–Kier alpha value is -0.900. The summed E-state index contributed by atoms with van der Waals surface area (Å²) in [5, 5.41) is 29.8. The summed E-state index contributed by atoms with van der Waals surface area (Å²) in [5.74, 6) is 2.17. The Labute approximate surface area is 177 Å². The molecule has 3 N–H and O–H groups in total. The van der Waals surface area contributed by atoms with E-state index in [2.05, 4.69) is 32.6 Å². The molecule has 164 valence electrons. The minimum Gasteiger partial charge on any atom is -0.393 e. The van der Waals surface area contributed by atoms with Gasteiger partial charge in [0.05, 0.1) is 18.3 Å². The lowest BCUT2D eigenvalue weighted by molar-refractivity contribution is 0.0907. The van der Waals surface area contributed by atoms with Crippen molar-refractivity contribution in [1.82, 2.24) is 0 Å². The van der Waals surface area contributed by atoms with E-state index >= 15 is 0 Å². The smallest absolute Gasteiger partial charge is 0.0809 e. The number of fused-ring (bicyclic) bond motifs is 1. The predicted octanol–water partition coefficient (Wildman–Crippen LogP) is 5.31. The first kappa shape index (κ1) is 22.8. The summed E-state index contributed by atoms with van der Waals surface area (Å²) < 4.78 is 0. The molecular weight excluding hydrogens is 360 g/mol. The molecule has 0 aromatic carbocycles. The topological polar surface area (TPSA) is 60.7 Å². The Morgan fingerprint density at radius 1 is 1.10 bits per heavy atom. The molecule has 0 radical (unpaired) electrons. The SMILES string of the molecule is C=C1[C@H](O)CC(=C/C=C2\CCC[C@]3(C)[C@@H]([C@H](C)CCCC(C)O)CC[C@@H]23)C[C@H]1O. The van der Waals surface area contributed by atoms with Crippen LogP contribution in [0.3, 0.4) is 0 Å². The molecule has 0 aromatic heterocycles. The minimum atomic E-state index is -0.613. The number of rotatable bonds is 6. The van der Waals surface area contributed by atoms with Crippen molar-refractivity contribution in [3.63, 3.8) is 0 Å². The van der Waals surface area contributed by atoms with Crippen molar-refractivity contribution in [2.45, 2.75) is 103 Å². The highest BCUT2D eigenvalue weighted by molar-refractivity contribution is 5.29. The number of allylic oxidation sites excluding steroid dienone is 3. The second-order valence-corrected chi connectivity index (χ2v) is 10.4. The van der Waals surface area contributed by atoms with Crippen LogP contribution < -0.4 is 0 Å². The maximum Gasteiger partial charge on any atom is 0.0809 e. The molecule has 0 aliphatic heterocycles. The van der Waals surface area contributed by atoms with E-state index in [-0.39, 0.29) is 6.10 Å². The lowest BCUT2D eigenvalue weighted by atomic mass is 9.60. The van der Waals surface area contributed by atoms with E-state index in [4.69, 9.17) is 0 Å². The Morgan fingerprint density at radius 2 is 1.79 bits per heavy atom. The molecule has 29 heavy (non-hydrogen) atoms. The van der Waals surface area contributed by atoms with Crippen molar-refractivity contribution < 1.29 is 15.3 Å². The van der Waals surface area contributed by atoms with Gasteiger partial charge in [0.15, 0.2) is 0 Å². The summed E-state index contributed by atoms with van der Waals surface area (Å²) >= 11 is 0. The lowest BCUT2D eigenvalue weighted by Gasteiger charge is -2.44. The fourth-order valence-electron chi connectivity index (χ4n) is 6.58. The molecule has 0 saturated heterocycles. The molecule has 0 heterocycles. The van der Waals surface area contributed by atoms with Crippen LogP contribution in [0.25, 0.3) is 0 Å². The van der Waals surface area contributed by atoms with Crippen LogP contribution in [0.1, 0.15) is 85.0 Å². The zero-order chi connectivity index (χ0) is 21.2. The molecule has 3 heteroatoms. The van der Waals surface area contributed by atoms with E-state index in [1.165, 1.54) is 38.5 Å². The van der Waals surface area contributed by atoms with Crippen molar-refractivity contribution in [2.24, 2.45) is 23.2 Å². The van der Waals surface area contributed by atoms with Crippen LogP contribution in [0.15, 0.2) is 35.5 Å². The van der Waals surface area contributed by atoms with Gasteiger partial charge in [-0.1, -0.05) is 56.6 Å². The third-order valence-electron chi connectivity index (χ3n) is 8.31. The van der Waals surface area contributed by atoms with Crippen molar-refractivity contribution in [3.05, 3.63) is 35.5 Å². The van der Waals surface area contributed by atoms with Gasteiger partial charge in [0.2, 0.25) is 0 Å². The lowest BCUT2D eigenvalue weighted by Crippen LogP contribution is -2.36. The van der Waals surface area contributed by atoms with Crippen LogP contribution in [-0.4, -0.2) is 33.6 Å². The van der Waals surface area contributed by atoms with Crippen LogP contribution in [0, 0.1) is 23.2 Å². The summed E-state index contributed by atoms with van der Waals surface area (Å²) in [6, 6.07) is 0. The molecule has 0 bridgehead atoms. The summed E-state index contributed by atoms with van der Waals surface area (Å²) in [6.07, 6.45) is 14.0. The van der Waals surface area contributed by atoms with Gasteiger partial charge in [-0.15, -0.1) is 0 Å². The van der Waals surface area contributed by atoms with Crippen molar-refractivity contribution >= 4 is 0 Å². The van der Waals surface area contributed by atoms with Crippen molar-refractivity contribution in [1.29, 1.82) is 0 Å². The Balaban J connectivity index is 1.68. The van der Waals surface area contributed by atoms with E-state index < -0.39 is 12.2 Å². The van der Waals surface area contributed by atoms with E-state index in [1.807, 2.05) is 6.92 Å². The number of hydrogen-bond donors (Lipinski definition) is 3. The van der Waals surface area contributed by atoms with Crippen molar-refractivity contribution in [2.75, 3.05) is 0 Å². The highest BCUT2D eigenvalue weighted by atomic mass is 16.3.